The molecule has 9 nitrogen and oxygen atoms in total. The third-order valence-electron chi connectivity index (χ3n) is 5.01. The first-order valence-electron chi connectivity index (χ1n) is 9.97. The minimum absolute atomic E-state index is 0.0930. The number of benzene rings is 1. The summed E-state index contributed by atoms with van der Waals surface area (Å²) < 4.78 is 24.5. The third kappa shape index (κ3) is 5.22. The van der Waals surface area contributed by atoms with Gasteiger partial charge in [-0.2, -0.15) is 0 Å². The molecule has 2 aliphatic rings. The van der Waals surface area contributed by atoms with Gasteiger partial charge in [-0.1, -0.05) is 17.3 Å². The SMILES string of the molecule is Cc1nc(C(=O)NCc2cccc(F)c2)cc(C2=NOC(C3COC(CO)CO3)C2)n1. The second-order valence-electron chi connectivity index (χ2n) is 7.39. The number of hydrogen-bond acceptors (Lipinski definition) is 8. The van der Waals surface area contributed by atoms with Crippen molar-refractivity contribution in [3.05, 3.63) is 58.9 Å². The average molecular weight is 430 g/mol. The molecule has 1 amide bonds. The van der Waals surface area contributed by atoms with Crippen LogP contribution in [0.1, 0.15) is 34.0 Å². The zero-order valence-corrected chi connectivity index (χ0v) is 17.0. The summed E-state index contributed by atoms with van der Waals surface area (Å²) in [7, 11) is 0. The molecule has 2 aromatic rings. The number of aromatic nitrogens is 2. The molecule has 3 unspecified atom stereocenters. The lowest BCUT2D eigenvalue weighted by Gasteiger charge is -2.30. The first-order valence-corrected chi connectivity index (χ1v) is 9.97. The Labute approximate surface area is 178 Å². The summed E-state index contributed by atoms with van der Waals surface area (Å²) in [6.07, 6.45) is -0.522. The maximum absolute atomic E-state index is 13.3. The van der Waals surface area contributed by atoms with Crippen molar-refractivity contribution in [3.8, 4) is 0 Å². The number of nitrogens with zero attached hydrogens (tertiary/aromatic N) is 3. The van der Waals surface area contributed by atoms with Gasteiger partial charge in [0.25, 0.3) is 5.91 Å². The lowest BCUT2D eigenvalue weighted by atomic mass is 10.0. The Bertz CT molecular complexity index is 978. The van der Waals surface area contributed by atoms with Gasteiger partial charge in [0.05, 0.1) is 25.5 Å². The molecule has 0 spiro atoms. The molecule has 1 fully saturated rings. The van der Waals surface area contributed by atoms with Crippen LogP contribution < -0.4 is 5.32 Å². The summed E-state index contributed by atoms with van der Waals surface area (Å²) in [5, 5.41) is 16.0. The third-order valence-corrected chi connectivity index (χ3v) is 5.01. The van der Waals surface area contributed by atoms with Crippen molar-refractivity contribution in [1.29, 1.82) is 0 Å². The van der Waals surface area contributed by atoms with E-state index in [0.29, 0.717) is 42.4 Å². The van der Waals surface area contributed by atoms with E-state index in [-0.39, 0.29) is 43.0 Å². The molecule has 0 saturated carbocycles. The van der Waals surface area contributed by atoms with E-state index < -0.39 is 5.91 Å². The number of ether oxygens (including phenoxy) is 2. The van der Waals surface area contributed by atoms with Crippen LogP contribution in [-0.2, 0) is 20.9 Å². The van der Waals surface area contributed by atoms with Crippen LogP contribution in [0.25, 0.3) is 0 Å². The maximum Gasteiger partial charge on any atom is 0.270 e. The van der Waals surface area contributed by atoms with Crippen molar-refractivity contribution in [2.24, 2.45) is 5.16 Å². The van der Waals surface area contributed by atoms with Crippen LogP contribution in [0.3, 0.4) is 0 Å². The number of hydrogen-bond donors (Lipinski definition) is 2. The zero-order chi connectivity index (χ0) is 21.8. The highest BCUT2D eigenvalue weighted by molar-refractivity contribution is 6.02. The highest BCUT2D eigenvalue weighted by Gasteiger charge is 2.35. The number of aliphatic hydroxyl groups excluding tert-OH is 1. The van der Waals surface area contributed by atoms with Gasteiger partial charge in [0.2, 0.25) is 0 Å². The van der Waals surface area contributed by atoms with Crippen LogP contribution in [0.2, 0.25) is 0 Å². The van der Waals surface area contributed by atoms with Crippen LogP contribution in [-0.4, -0.2) is 64.8 Å². The van der Waals surface area contributed by atoms with E-state index in [1.165, 1.54) is 12.1 Å². The van der Waals surface area contributed by atoms with Crippen LogP contribution in [0.15, 0.2) is 35.5 Å². The van der Waals surface area contributed by atoms with Crippen molar-refractivity contribution in [2.45, 2.75) is 38.2 Å². The van der Waals surface area contributed by atoms with Gasteiger partial charge in [-0.3, -0.25) is 4.79 Å². The van der Waals surface area contributed by atoms with Gasteiger partial charge in [0.15, 0.2) is 6.10 Å². The summed E-state index contributed by atoms with van der Waals surface area (Å²) >= 11 is 0. The van der Waals surface area contributed by atoms with Crippen LogP contribution >= 0.6 is 0 Å². The number of amides is 1. The Balaban J connectivity index is 1.39. The molecule has 0 radical (unpaired) electrons. The molecule has 0 aliphatic carbocycles. The molecule has 0 bridgehead atoms. The molecular formula is C21H23FN4O5. The largest absolute Gasteiger partial charge is 0.394 e. The van der Waals surface area contributed by atoms with Gasteiger partial charge < -0.3 is 24.7 Å². The minimum atomic E-state index is -0.397. The quantitative estimate of drug-likeness (QED) is 0.706. The van der Waals surface area contributed by atoms with E-state index >= 15 is 0 Å². The van der Waals surface area contributed by atoms with Crippen molar-refractivity contribution in [2.75, 3.05) is 19.8 Å². The van der Waals surface area contributed by atoms with E-state index in [0.717, 1.165) is 0 Å². The summed E-state index contributed by atoms with van der Waals surface area (Å²) in [5.41, 5.74) is 1.92. The van der Waals surface area contributed by atoms with Gasteiger partial charge >= 0.3 is 0 Å². The van der Waals surface area contributed by atoms with Gasteiger partial charge in [0.1, 0.15) is 35.3 Å². The molecule has 3 atom stereocenters. The summed E-state index contributed by atoms with van der Waals surface area (Å²) in [4.78, 5) is 26.7. The lowest BCUT2D eigenvalue weighted by Crippen LogP contribution is -2.43. The van der Waals surface area contributed by atoms with Gasteiger partial charge in [-0.15, -0.1) is 0 Å². The van der Waals surface area contributed by atoms with E-state index in [1.807, 2.05) is 0 Å². The molecule has 10 heteroatoms. The Morgan fingerprint density at radius 1 is 1.23 bits per heavy atom. The highest BCUT2D eigenvalue weighted by Crippen LogP contribution is 2.23. The molecular weight excluding hydrogens is 407 g/mol. The number of aliphatic hydroxyl groups is 1. The van der Waals surface area contributed by atoms with Gasteiger partial charge in [-0.05, 0) is 30.7 Å². The fraction of sp³-hybridized carbons (Fsp3) is 0.429. The number of carbonyl (C=O) groups is 1. The molecule has 164 valence electrons. The van der Waals surface area contributed by atoms with E-state index in [2.05, 4.69) is 20.4 Å². The Hall–Kier alpha value is -2.95. The second kappa shape index (κ2) is 9.46. The Morgan fingerprint density at radius 2 is 2.10 bits per heavy atom. The normalized spacial score (nSPS) is 23.2. The number of aryl methyl sites for hydroxylation is 1. The molecule has 3 heterocycles. The van der Waals surface area contributed by atoms with Crippen LogP contribution in [0.5, 0.6) is 0 Å². The van der Waals surface area contributed by atoms with E-state index in [1.54, 1.807) is 25.1 Å². The van der Waals surface area contributed by atoms with Crippen LogP contribution in [0, 0.1) is 12.7 Å². The topological polar surface area (TPSA) is 115 Å². The summed E-state index contributed by atoms with van der Waals surface area (Å²) in [6, 6.07) is 7.58. The first-order chi connectivity index (χ1) is 15.0. The molecule has 1 aromatic heterocycles. The standard InChI is InChI=1S/C21H23FN4O5/c1-12-24-16(17-7-19(31-26-17)20-11-29-15(9-27)10-30-20)6-18(25-12)21(28)23-8-13-3-2-4-14(22)5-13/h2-6,15,19-20,27H,7-11H2,1H3,(H,23,28). The number of halogens is 1. The predicted octanol–water partition coefficient (Wildman–Crippen LogP) is 1.12. The smallest absolute Gasteiger partial charge is 0.270 e. The lowest BCUT2D eigenvalue weighted by molar-refractivity contribution is -0.178. The molecule has 4 rings (SSSR count). The number of nitrogens with one attached hydrogen (secondary N) is 1. The number of rotatable bonds is 6. The molecule has 31 heavy (non-hydrogen) atoms. The van der Waals surface area contributed by atoms with Crippen molar-refractivity contribution < 1.29 is 28.6 Å². The van der Waals surface area contributed by atoms with Crippen molar-refractivity contribution in [3.63, 3.8) is 0 Å². The predicted molar refractivity (Wildman–Crippen MR) is 107 cm³/mol. The van der Waals surface area contributed by atoms with Gasteiger partial charge in [0, 0.05) is 13.0 Å². The molecule has 1 aromatic carbocycles. The minimum Gasteiger partial charge on any atom is -0.394 e. The zero-order valence-electron chi connectivity index (χ0n) is 17.0. The molecule has 1 saturated heterocycles. The van der Waals surface area contributed by atoms with Crippen LogP contribution in [0.4, 0.5) is 4.39 Å². The van der Waals surface area contributed by atoms with Crippen molar-refractivity contribution in [1.82, 2.24) is 15.3 Å². The van der Waals surface area contributed by atoms with Crippen molar-refractivity contribution >= 4 is 11.6 Å². The Morgan fingerprint density at radius 3 is 2.84 bits per heavy atom. The summed E-state index contributed by atoms with van der Waals surface area (Å²) in [5.74, 6) is -0.339. The van der Waals surface area contributed by atoms with E-state index in [4.69, 9.17) is 19.4 Å². The molecule has 2 N–H and O–H groups in total. The van der Waals surface area contributed by atoms with E-state index in [9.17, 15) is 9.18 Å². The first kappa shape index (κ1) is 21.3. The fourth-order valence-electron chi connectivity index (χ4n) is 3.38. The Kier molecular flexibility index (Phi) is 6.50. The van der Waals surface area contributed by atoms with Gasteiger partial charge in [-0.25, -0.2) is 14.4 Å². The second-order valence-corrected chi connectivity index (χ2v) is 7.39. The number of carbonyl (C=O) groups excluding carboxylic acids is 1. The number of oxime groups is 1. The monoisotopic (exact) mass is 430 g/mol. The summed E-state index contributed by atoms with van der Waals surface area (Å²) in [6.45, 7) is 2.36. The fourth-order valence-corrected chi connectivity index (χ4v) is 3.38. The maximum atomic E-state index is 13.3. The molecule has 2 aliphatic heterocycles. The average Bonchev–Trinajstić information content (AvgIpc) is 3.27. The highest BCUT2D eigenvalue weighted by atomic mass is 19.1.